The highest BCUT2D eigenvalue weighted by Crippen LogP contribution is 2.33. The maximum absolute atomic E-state index is 11.9. The minimum Gasteiger partial charge on any atom is -0.465 e. The van der Waals surface area contributed by atoms with Crippen molar-refractivity contribution in [3.63, 3.8) is 0 Å². The second kappa shape index (κ2) is 7.79. The first kappa shape index (κ1) is 16.4. The lowest BCUT2D eigenvalue weighted by atomic mass is 10.1. The first-order chi connectivity index (χ1) is 9.54. The summed E-state index contributed by atoms with van der Waals surface area (Å²) in [5.74, 6) is -0.801. The Kier molecular flexibility index (Phi) is 6.38. The third-order valence-electron chi connectivity index (χ3n) is 2.62. The summed E-state index contributed by atoms with van der Waals surface area (Å²) in [6.45, 7) is 4.07. The molecule has 0 bridgehead atoms. The van der Waals surface area contributed by atoms with Crippen LogP contribution in [0.1, 0.15) is 35.0 Å². The third kappa shape index (κ3) is 3.90. The van der Waals surface area contributed by atoms with E-state index in [1.807, 2.05) is 0 Å². The number of hydrogen-bond donors (Lipinski definition) is 1. The van der Waals surface area contributed by atoms with Gasteiger partial charge >= 0.3 is 11.9 Å². The smallest absolute Gasteiger partial charge is 0.338 e. The number of carbonyl (C=O) groups excluding carboxylic acids is 2. The molecule has 0 heterocycles. The molecule has 110 valence electrons. The highest BCUT2D eigenvalue weighted by atomic mass is 32.2. The summed E-state index contributed by atoms with van der Waals surface area (Å²) in [6, 6.07) is 4.77. The van der Waals surface area contributed by atoms with Crippen LogP contribution in [0, 0.1) is 0 Å². The van der Waals surface area contributed by atoms with E-state index in [9.17, 15) is 9.59 Å². The fourth-order valence-corrected chi connectivity index (χ4v) is 2.43. The average molecular weight is 297 g/mol. The first-order valence-electron chi connectivity index (χ1n) is 6.31. The molecule has 1 atom stereocenters. The van der Waals surface area contributed by atoms with Crippen LogP contribution in [0.25, 0.3) is 0 Å². The van der Waals surface area contributed by atoms with Crippen molar-refractivity contribution in [2.75, 3.05) is 25.2 Å². The summed E-state index contributed by atoms with van der Waals surface area (Å²) in [5, 5.41) is -0.552. The maximum Gasteiger partial charge on any atom is 0.338 e. The molecule has 0 radical (unpaired) electrons. The second-order valence-electron chi connectivity index (χ2n) is 3.93. The van der Waals surface area contributed by atoms with Gasteiger partial charge in [0.15, 0.2) is 0 Å². The van der Waals surface area contributed by atoms with Gasteiger partial charge in [-0.05, 0) is 38.3 Å². The fraction of sp³-hybridized carbons (Fsp3) is 0.429. The molecule has 5 nitrogen and oxygen atoms in total. The van der Waals surface area contributed by atoms with E-state index in [1.54, 1.807) is 38.3 Å². The van der Waals surface area contributed by atoms with Crippen molar-refractivity contribution in [3.05, 3.63) is 29.3 Å². The topological polar surface area (TPSA) is 78.6 Å². The summed E-state index contributed by atoms with van der Waals surface area (Å²) in [7, 11) is 0. The number of anilines is 1. The van der Waals surface area contributed by atoms with Crippen LogP contribution in [-0.2, 0) is 14.3 Å². The number of benzene rings is 1. The zero-order chi connectivity index (χ0) is 15.1. The normalized spacial score (nSPS) is 11.8. The van der Waals surface area contributed by atoms with Crippen molar-refractivity contribution in [3.8, 4) is 0 Å². The van der Waals surface area contributed by atoms with Gasteiger partial charge in [-0.2, -0.15) is 0 Å². The van der Waals surface area contributed by atoms with Gasteiger partial charge in [-0.25, -0.2) is 4.79 Å². The number of nitrogens with two attached hydrogens (primary N) is 1. The van der Waals surface area contributed by atoms with E-state index in [-0.39, 0.29) is 5.97 Å². The van der Waals surface area contributed by atoms with E-state index in [4.69, 9.17) is 15.2 Å². The number of esters is 2. The van der Waals surface area contributed by atoms with Crippen LogP contribution in [0.4, 0.5) is 5.69 Å². The molecule has 0 aliphatic rings. The molecule has 0 saturated carbocycles. The average Bonchev–Trinajstić information content (AvgIpc) is 2.42. The number of nitrogen functional groups attached to an aromatic ring is 1. The van der Waals surface area contributed by atoms with Crippen LogP contribution < -0.4 is 5.73 Å². The number of ether oxygens (including phenoxy) is 2. The van der Waals surface area contributed by atoms with Gasteiger partial charge in [0.2, 0.25) is 0 Å². The molecule has 1 unspecified atom stereocenters. The van der Waals surface area contributed by atoms with Gasteiger partial charge in [0, 0.05) is 11.3 Å². The summed E-state index contributed by atoms with van der Waals surface area (Å²) in [4.78, 5) is 23.6. The Morgan fingerprint density at radius 1 is 1.25 bits per heavy atom. The summed E-state index contributed by atoms with van der Waals surface area (Å²) in [5.41, 5.74) is 7.30. The zero-order valence-corrected chi connectivity index (χ0v) is 12.7. The molecule has 0 fully saturated rings. The Morgan fingerprint density at radius 2 is 1.90 bits per heavy atom. The molecule has 2 N–H and O–H groups in total. The molecule has 1 rings (SSSR count). The predicted octanol–water partition coefficient (Wildman–Crippen LogP) is 2.41. The minimum atomic E-state index is -0.552. The first-order valence-corrected chi connectivity index (χ1v) is 7.59. The predicted molar refractivity (Wildman–Crippen MR) is 79.7 cm³/mol. The maximum atomic E-state index is 11.9. The zero-order valence-electron chi connectivity index (χ0n) is 11.8. The van der Waals surface area contributed by atoms with Crippen molar-refractivity contribution >= 4 is 29.4 Å². The summed E-state index contributed by atoms with van der Waals surface area (Å²) in [6.07, 6.45) is 1.79. The molecule has 0 spiro atoms. The SMILES string of the molecule is CCOC(=O)c1ccc(N)c(C(SC)C(=O)OCC)c1. The molecular formula is C14H19NO4S. The van der Waals surface area contributed by atoms with Gasteiger partial charge in [0.05, 0.1) is 18.8 Å². The molecule has 1 aromatic rings. The lowest BCUT2D eigenvalue weighted by Crippen LogP contribution is -2.15. The largest absolute Gasteiger partial charge is 0.465 e. The molecule has 1 aromatic carbocycles. The van der Waals surface area contributed by atoms with Crippen LogP contribution >= 0.6 is 11.8 Å². The van der Waals surface area contributed by atoms with Crippen molar-refractivity contribution in [2.24, 2.45) is 0 Å². The minimum absolute atomic E-state index is 0.294. The standard InChI is InChI=1S/C14H19NO4S/c1-4-18-13(16)9-6-7-11(15)10(8-9)12(20-3)14(17)19-5-2/h6-8,12H,4-5,15H2,1-3H3. The lowest BCUT2D eigenvalue weighted by molar-refractivity contribution is -0.142. The Morgan fingerprint density at radius 3 is 2.45 bits per heavy atom. The van der Waals surface area contributed by atoms with Gasteiger partial charge in [-0.15, -0.1) is 11.8 Å². The Labute approximate surface area is 122 Å². The number of thioether (sulfide) groups is 1. The van der Waals surface area contributed by atoms with E-state index in [1.165, 1.54) is 11.8 Å². The van der Waals surface area contributed by atoms with Gasteiger partial charge in [-0.1, -0.05) is 0 Å². The fourth-order valence-electron chi connectivity index (χ4n) is 1.71. The van der Waals surface area contributed by atoms with E-state index in [2.05, 4.69) is 0 Å². The van der Waals surface area contributed by atoms with E-state index >= 15 is 0 Å². The van der Waals surface area contributed by atoms with Crippen molar-refractivity contribution in [1.82, 2.24) is 0 Å². The van der Waals surface area contributed by atoms with Gasteiger partial charge in [0.25, 0.3) is 0 Å². The van der Waals surface area contributed by atoms with Crippen molar-refractivity contribution < 1.29 is 19.1 Å². The van der Waals surface area contributed by atoms with Gasteiger partial charge in [0.1, 0.15) is 5.25 Å². The van der Waals surface area contributed by atoms with Crippen LogP contribution in [-0.4, -0.2) is 31.4 Å². The van der Waals surface area contributed by atoms with Crippen LogP contribution in [0.3, 0.4) is 0 Å². The molecule has 0 aromatic heterocycles. The highest BCUT2D eigenvalue weighted by Gasteiger charge is 2.24. The Hall–Kier alpha value is -1.69. The van der Waals surface area contributed by atoms with E-state index in [0.29, 0.717) is 30.0 Å². The Balaban J connectivity index is 3.11. The quantitative estimate of drug-likeness (QED) is 0.641. The molecule has 0 aliphatic carbocycles. The molecule has 20 heavy (non-hydrogen) atoms. The highest BCUT2D eigenvalue weighted by molar-refractivity contribution is 7.99. The number of carbonyl (C=O) groups is 2. The molecular weight excluding hydrogens is 278 g/mol. The van der Waals surface area contributed by atoms with Gasteiger partial charge < -0.3 is 15.2 Å². The van der Waals surface area contributed by atoms with E-state index in [0.717, 1.165) is 0 Å². The second-order valence-corrected chi connectivity index (χ2v) is 4.87. The van der Waals surface area contributed by atoms with Gasteiger partial charge in [-0.3, -0.25) is 4.79 Å². The monoisotopic (exact) mass is 297 g/mol. The number of rotatable bonds is 6. The van der Waals surface area contributed by atoms with Crippen molar-refractivity contribution in [2.45, 2.75) is 19.1 Å². The molecule has 6 heteroatoms. The third-order valence-corrected chi connectivity index (χ3v) is 3.53. The number of hydrogen-bond acceptors (Lipinski definition) is 6. The van der Waals surface area contributed by atoms with Crippen LogP contribution in [0.15, 0.2) is 18.2 Å². The van der Waals surface area contributed by atoms with E-state index < -0.39 is 11.2 Å². The van der Waals surface area contributed by atoms with Crippen LogP contribution in [0.2, 0.25) is 0 Å². The van der Waals surface area contributed by atoms with Crippen molar-refractivity contribution in [1.29, 1.82) is 0 Å². The molecule has 0 aliphatic heterocycles. The lowest BCUT2D eigenvalue weighted by Gasteiger charge is -2.16. The molecule has 0 amide bonds. The summed E-state index contributed by atoms with van der Waals surface area (Å²) >= 11 is 1.31. The van der Waals surface area contributed by atoms with Crippen LogP contribution in [0.5, 0.6) is 0 Å². The molecule has 0 saturated heterocycles. The Bertz CT molecular complexity index is 490. The summed E-state index contributed by atoms with van der Waals surface area (Å²) < 4.78 is 9.96.